The van der Waals surface area contributed by atoms with Crippen LogP contribution >= 0.6 is 11.6 Å². The molecule has 0 saturated carbocycles. The first-order chi connectivity index (χ1) is 22.1. The van der Waals surface area contributed by atoms with Gasteiger partial charge in [0.05, 0.1) is 17.7 Å². The number of unbranched alkanes of at least 4 members (excludes halogenated alkanes) is 1. The SMILES string of the molecule is CCCCNC(=O)[C@@H](Cc1ccccc1)N(Cc1ccccc1F)C(=O)CN(c1cccc(Cl)c1)S(=O)(=O)c1ccc(OC)cc1. The van der Waals surface area contributed by atoms with Crippen molar-refractivity contribution < 1.29 is 27.1 Å². The minimum absolute atomic E-state index is 0.0835. The van der Waals surface area contributed by atoms with Crippen LogP contribution in [0.2, 0.25) is 5.02 Å². The molecule has 0 aliphatic carbocycles. The first kappa shape index (κ1) is 34.5. The first-order valence-corrected chi connectivity index (χ1v) is 16.7. The maximum absolute atomic E-state index is 15.0. The Kier molecular flexibility index (Phi) is 12.2. The average molecular weight is 666 g/mol. The van der Waals surface area contributed by atoms with Gasteiger partial charge in [-0.15, -0.1) is 0 Å². The number of hydrogen-bond donors (Lipinski definition) is 1. The smallest absolute Gasteiger partial charge is 0.264 e. The molecular formula is C35H37ClFN3O5S. The van der Waals surface area contributed by atoms with Gasteiger partial charge in [0.15, 0.2) is 0 Å². The van der Waals surface area contributed by atoms with Gasteiger partial charge in [0, 0.05) is 30.1 Å². The summed E-state index contributed by atoms with van der Waals surface area (Å²) < 4.78 is 49.4. The first-order valence-electron chi connectivity index (χ1n) is 14.9. The lowest BCUT2D eigenvalue weighted by Crippen LogP contribution is -2.53. The quantitative estimate of drug-likeness (QED) is 0.152. The highest BCUT2D eigenvalue weighted by molar-refractivity contribution is 7.92. The Bertz CT molecular complexity index is 1720. The van der Waals surface area contributed by atoms with Gasteiger partial charge in [-0.2, -0.15) is 0 Å². The molecule has 0 radical (unpaired) electrons. The molecular weight excluding hydrogens is 629 g/mol. The zero-order valence-corrected chi connectivity index (χ0v) is 27.3. The van der Waals surface area contributed by atoms with Crippen molar-refractivity contribution in [3.05, 3.63) is 125 Å². The number of rotatable bonds is 15. The van der Waals surface area contributed by atoms with Gasteiger partial charge in [-0.25, -0.2) is 12.8 Å². The number of ether oxygens (including phenoxy) is 1. The molecule has 2 amide bonds. The molecule has 1 N–H and O–H groups in total. The maximum atomic E-state index is 15.0. The Morgan fingerprint density at radius 2 is 1.63 bits per heavy atom. The molecule has 1 atom stereocenters. The summed E-state index contributed by atoms with van der Waals surface area (Å²) in [5.41, 5.74) is 1.11. The number of methoxy groups -OCH3 is 1. The molecule has 0 spiro atoms. The van der Waals surface area contributed by atoms with Crippen molar-refractivity contribution >= 4 is 39.1 Å². The molecule has 0 aromatic heterocycles. The van der Waals surface area contributed by atoms with E-state index in [1.54, 1.807) is 18.2 Å². The van der Waals surface area contributed by atoms with E-state index in [-0.39, 0.29) is 34.1 Å². The number of amides is 2. The minimum Gasteiger partial charge on any atom is -0.497 e. The van der Waals surface area contributed by atoms with Crippen LogP contribution in [0.4, 0.5) is 10.1 Å². The third-order valence-corrected chi connectivity index (χ3v) is 9.44. The number of carbonyl (C=O) groups excluding carboxylic acids is 2. The van der Waals surface area contributed by atoms with Crippen molar-refractivity contribution in [2.75, 3.05) is 24.5 Å². The highest BCUT2D eigenvalue weighted by Gasteiger charge is 2.35. The number of nitrogens with one attached hydrogen (secondary N) is 1. The predicted octanol–water partition coefficient (Wildman–Crippen LogP) is 6.24. The lowest BCUT2D eigenvalue weighted by atomic mass is 10.0. The van der Waals surface area contributed by atoms with Crippen molar-refractivity contribution in [2.45, 2.75) is 43.7 Å². The van der Waals surface area contributed by atoms with Crippen LogP contribution in [0, 0.1) is 5.82 Å². The second kappa shape index (κ2) is 16.2. The van der Waals surface area contributed by atoms with Gasteiger partial charge >= 0.3 is 0 Å². The van der Waals surface area contributed by atoms with Crippen molar-refractivity contribution in [3.8, 4) is 5.75 Å². The van der Waals surface area contributed by atoms with E-state index in [2.05, 4.69) is 5.32 Å². The molecule has 0 fully saturated rings. The summed E-state index contributed by atoms with van der Waals surface area (Å²) >= 11 is 6.26. The van der Waals surface area contributed by atoms with E-state index >= 15 is 4.39 Å². The number of halogens is 2. The number of hydrogen-bond acceptors (Lipinski definition) is 5. The van der Waals surface area contributed by atoms with Gasteiger partial charge in [-0.05, 0) is 60.5 Å². The topological polar surface area (TPSA) is 96.0 Å². The van der Waals surface area contributed by atoms with Crippen molar-refractivity contribution in [3.63, 3.8) is 0 Å². The monoisotopic (exact) mass is 665 g/mol. The largest absolute Gasteiger partial charge is 0.497 e. The average Bonchev–Trinajstić information content (AvgIpc) is 3.06. The van der Waals surface area contributed by atoms with Gasteiger partial charge in [0.2, 0.25) is 11.8 Å². The number of benzene rings is 4. The molecule has 4 aromatic carbocycles. The van der Waals surface area contributed by atoms with Crippen LogP contribution in [0.1, 0.15) is 30.9 Å². The molecule has 242 valence electrons. The van der Waals surface area contributed by atoms with Crippen molar-refractivity contribution in [1.29, 1.82) is 0 Å². The van der Waals surface area contributed by atoms with E-state index in [0.29, 0.717) is 12.3 Å². The van der Waals surface area contributed by atoms with Crippen molar-refractivity contribution in [1.82, 2.24) is 10.2 Å². The van der Waals surface area contributed by atoms with Crippen LogP contribution in [0.5, 0.6) is 5.75 Å². The standard InChI is InChI=1S/C35H37ClFN3O5S/c1-3-4-21-38-35(42)33(22-26-11-6-5-7-12-26)39(24-27-13-8-9-16-32(27)37)34(41)25-40(29-15-10-14-28(36)23-29)46(43,44)31-19-17-30(45-2)18-20-31/h5-20,23,33H,3-4,21-22,24-25H2,1-2H3,(H,38,42)/t33-/m1/s1. The molecule has 11 heteroatoms. The van der Waals surface area contributed by atoms with Gasteiger partial charge in [0.1, 0.15) is 24.2 Å². The minimum atomic E-state index is -4.33. The fourth-order valence-electron chi connectivity index (χ4n) is 4.91. The summed E-state index contributed by atoms with van der Waals surface area (Å²) in [6, 6.07) is 26.0. The summed E-state index contributed by atoms with van der Waals surface area (Å²) in [5.74, 6) is -1.22. The van der Waals surface area contributed by atoms with E-state index in [1.807, 2.05) is 37.3 Å². The third-order valence-electron chi connectivity index (χ3n) is 7.42. The number of sulfonamides is 1. The summed E-state index contributed by atoms with van der Waals surface area (Å²) in [6.45, 7) is 1.44. The summed E-state index contributed by atoms with van der Waals surface area (Å²) in [7, 11) is -2.86. The Hall–Kier alpha value is -4.41. The molecule has 0 unspecified atom stereocenters. The van der Waals surface area contributed by atoms with Crippen LogP contribution in [-0.4, -0.2) is 51.4 Å². The van der Waals surface area contributed by atoms with E-state index in [0.717, 1.165) is 22.7 Å². The maximum Gasteiger partial charge on any atom is 0.264 e. The molecule has 4 aromatic rings. The molecule has 0 saturated heterocycles. The molecule has 0 aliphatic rings. The molecule has 8 nitrogen and oxygen atoms in total. The van der Waals surface area contributed by atoms with Gasteiger partial charge in [0.25, 0.3) is 10.0 Å². The normalized spacial score (nSPS) is 11.8. The molecule has 4 rings (SSSR count). The fraction of sp³-hybridized carbons (Fsp3) is 0.257. The predicted molar refractivity (Wildman–Crippen MR) is 178 cm³/mol. The van der Waals surface area contributed by atoms with Crippen LogP contribution in [-0.2, 0) is 32.6 Å². The Morgan fingerprint density at radius 3 is 2.28 bits per heavy atom. The van der Waals surface area contributed by atoms with E-state index in [9.17, 15) is 18.0 Å². The Labute approximate surface area is 274 Å². The van der Waals surface area contributed by atoms with Gasteiger partial charge < -0.3 is 15.0 Å². The van der Waals surface area contributed by atoms with Crippen LogP contribution < -0.4 is 14.4 Å². The second-order valence-electron chi connectivity index (χ2n) is 10.6. The number of carbonyl (C=O) groups is 2. The lowest BCUT2D eigenvalue weighted by Gasteiger charge is -2.34. The second-order valence-corrected chi connectivity index (χ2v) is 12.9. The molecule has 0 heterocycles. The number of nitrogens with zero attached hydrogens (tertiary/aromatic N) is 2. The van der Waals surface area contributed by atoms with E-state index < -0.39 is 40.2 Å². The molecule has 0 aliphatic heterocycles. The highest BCUT2D eigenvalue weighted by Crippen LogP contribution is 2.28. The van der Waals surface area contributed by atoms with Gasteiger partial charge in [-0.3, -0.25) is 13.9 Å². The van der Waals surface area contributed by atoms with Gasteiger partial charge in [-0.1, -0.05) is 79.5 Å². The zero-order chi connectivity index (χ0) is 33.1. The molecule has 46 heavy (non-hydrogen) atoms. The Balaban J connectivity index is 1.80. The third kappa shape index (κ3) is 8.86. The summed E-state index contributed by atoms with van der Waals surface area (Å²) in [6.07, 6.45) is 1.70. The van der Waals surface area contributed by atoms with Crippen LogP contribution in [0.25, 0.3) is 0 Å². The fourth-order valence-corrected chi connectivity index (χ4v) is 6.50. The van der Waals surface area contributed by atoms with E-state index in [1.165, 1.54) is 66.6 Å². The molecule has 0 bridgehead atoms. The van der Waals surface area contributed by atoms with Crippen LogP contribution in [0.15, 0.2) is 108 Å². The summed E-state index contributed by atoms with van der Waals surface area (Å²) in [5, 5.41) is 3.18. The highest BCUT2D eigenvalue weighted by atomic mass is 35.5. The van der Waals surface area contributed by atoms with E-state index in [4.69, 9.17) is 16.3 Å². The summed E-state index contributed by atoms with van der Waals surface area (Å²) in [4.78, 5) is 29.4. The number of anilines is 1. The zero-order valence-electron chi connectivity index (χ0n) is 25.7. The lowest BCUT2D eigenvalue weighted by molar-refractivity contribution is -0.140. The van der Waals surface area contributed by atoms with Crippen LogP contribution in [0.3, 0.4) is 0 Å². The van der Waals surface area contributed by atoms with Crippen molar-refractivity contribution in [2.24, 2.45) is 0 Å². The Morgan fingerprint density at radius 1 is 0.935 bits per heavy atom.